The summed E-state index contributed by atoms with van der Waals surface area (Å²) in [6.07, 6.45) is 5.07. The van der Waals surface area contributed by atoms with Crippen LogP contribution in [0.25, 0.3) is 10.9 Å². The molecule has 132 valence electrons. The van der Waals surface area contributed by atoms with Gasteiger partial charge in [-0.15, -0.1) is 0 Å². The maximum Gasteiger partial charge on any atom is 0.305 e. The Bertz CT molecular complexity index is 834. The topological polar surface area (TPSA) is 45.1 Å². The minimum atomic E-state index is -0.110. The molecular weight excluding hydrogens is 312 g/mol. The molecule has 0 radical (unpaired) electrons. The van der Waals surface area contributed by atoms with Gasteiger partial charge < -0.3 is 9.72 Å². The minimum Gasteiger partial charge on any atom is -0.469 e. The average Bonchev–Trinajstić information content (AvgIpc) is 3.04. The first kappa shape index (κ1) is 16.4. The largest absolute Gasteiger partial charge is 0.469 e. The first-order valence-electron chi connectivity index (χ1n) is 9.52. The number of nitrogens with zero attached hydrogens (tertiary/aromatic N) is 1. The van der Waals surface area contributed by atoms with E-state index in [0.717, 1.165) is 19.5 Å². The molecule has 1 unspecified atom stereocenters. The van der Waals surface area contributed by atoms with Gasteiger partial charge in [0.05, 0.1) is 7.11 Å². The van der Waals surface area contributed by atoms with Crippen LogP contribution in [0.1, 0.15) is 56.2 Å². The Balaban J connectivity index is 1.82. The monoisotopic (exact) mass is 339 g/mol. The van der Waals surface area contributed by atoms with Crippen molar-refractivity contribution in [2.45, 2.75) is 44.9 Å². The van der Waals surface area contributed by atoms with Gasteiger partial charge >= 0.3 is 5.97 Å². The van der Waals surface area contributed by atoms with Crippen molar-refractivity contribution < 1.29 is 14.1 Å². The van der Waals surface area contributed by atoms with Gasteiger partial charge in [-0.3, -0.25) is 4.79 Å². The number of carbonyl (C=O) groups is 1. The minimum absolute atomic E-state index is 0.110. The summed E-state index contributed by atoms with van der Waals surface area (Å²) in [7, 11) is 1.47. The van der Waals surface area contributed by atoms with Crippen LogP contribution in [0.15, 0.2) is 24.3 Å². The highest BCUT2D eigenvalue weighted by Gasteiger charge is 2.40. The van der Waals surface area contributed by atoms with Gasteiger partial charge in [0.2, 0.25) is 5.71 Å². The third kappa shape index (κ3) is 2.78. The number of benzene rings is 1. The molecule has 4 heteroatoms. The Labute approximate surface area is 148 Å². The van der Waals surface area contributed by atoms with E-state index in [1.807, 2.05) is 0 Å². The van der Waals surface area contributed by atoms with Gasteiger partial charge in [0.1, 0.15) is 18.8 Å². The Morgan fingerprint density at radius 2 is 2.16 bits per heavy atom. The van der Waals surface area contributed by atoms with Gasteiger partial charge in [-0.2, -0.15) is 0 Å². The summed E-state index contributed by atoms with van der Waals surface area (Å²) in [4.78, 5) is 15.4. The second-order valence-corrected chi connectivity index (χ2v) is 7.35. The summed E-state index contributed by atoms with van der Waals surface area (Å²) in [5.74, 6) is 0.910. The summed E-state index contributed by atoms with van der Waals surface area (Å²) in [5.41, 5.74) is 5.47. The lowest BCUT2D eigenvalue weighted by molar-refractivity contribution is -0.539. The fraction of sp³-hybridized carbons (Fsp3) is 0.524. The predicted molar refractivity (Wildman–Crippen MR) is 99.4 cm³/mol. The SMILES string of the molecule is CC[C@@H]1CCC[N+]2=C1c1[nH]c3ccccc3c1C(CCC(=O)OC)C2. The van der Waals surface area contributed by atoms with Crippen molar-refractivity contribution in [2.75, 3.05) is 20.2 Å². The van der Waals surface area contributed by atoms with Crippen LogP contribution in [0.2, 0.25) is 0 Å². The molecule has 0 saturated carbocycles. The Kier molecular flexibility index (Phi) is 4.36. The van der Waals surface area contributed by atoms with Crippen molar-refractivity contribution in [1.29, 1.82) is 0 Å². The zero-order valence-corrected chi connectivity index (χ0v) is 15.2. The van der Waals surface area contributed by atoms with E-state index in [-0.39, 0.29) is 5.97 Å². The number of esters is 1. The van der Waals surface area contributed by atoms with Crippen molar-refractivity contribution in [2.24, 2.45) is 5.92 Å². The van der Waals surface area contributed by atoms with Crippen LogP contribution in [-0.2, 0) is 9.53 Å². The van der Waals surface area contributed by atoms with Gasteiger partial charge in [0.25, 0.3) is 0 Å². The third-order valence-electron chi connectivity index (χ3n) is 5.98. The van der Waals surface area contributed by atoms with Crippen molar-refractivity contribution >= 4 is 22.6 Å². The van der Waals surface area contributed by atoms with Crippen LogP contribution >= 0.6 is 0 Å². The molecule has 1 aromatic carbocycles. The molecule has 0 amide bonds. The van der Waals surface area contributed by atoms with Crippen LogP contribution in [-0.4, -0.2) is 41.4 Å². The number of H-pyrrole nitrogens is 1. The van der Waals surface area contributed by atoms with E-state index >= 15 is 0 Å². The fourth-order valence-corrected chi connectivity index (χ4v) is 4.77. The molecule has 4 rings (SSSR count). The Morgan fingerprint density at radius 1 is 1.32 bits per heavy atom. The molecular formula is C21H27N2O2+. The summed E-state index contributed by atoms with van der Waals surface area (Å²) >= 11 is 0. The van der Waals surface area contributed by atoms with Gasteiger partial charge in [0.15, 0.2) is 0 Å². The number of aromatic amines is 1. The molecule has 0 saturated heterocycles. The molecule has 2 atom stereocenters. The number of nitrogens with one attached hydrogen (secondary N) is 1. The normalized spacial score (nSPS) is 22.6. The van der Waals surface area contributed by atoms with Gasteiger partial charge in [0, 0.05) is 41.1 Å². The highest BCUT2D eigenvalue weighted by Crippen LogP contribution is 2.39. The van der Waals surface area contributed by atoms with E-state index in [1.54, 1.807) is 0 Å². The third-order valence-corrected chi connectivity index (χ3v) is 5.98. The number of aromatic nitrogens is 1. The highest BCUT2D eigenvalue weighted by molar-refractivity contribution is 6.05. The number of carbonyl (C=O) groups excluding carboxylic acids is 1. The summed E-state index contributed by atoms with van der Waals surface area (Å²) in [6.45, 7) is 4.46. The molecule has 4 nitrogen and oxygen atoms in total. The zero-order valence-electron chi connectivity index (χ0n) is 15.2. The molecule has 1 aromatic heterocycles. The van der Waals surface area contributed by atoms with Gasteiger partial charge in [-0.1, -0.05) is 25.1 Å². The molecule has 2 aliphatic heterocycles. The Morgan fingerprint density at radius 3 is 2.96 bits per heavy atom. The molecule has 3 heterocycles. The van der Waals surface area contributed by atoms with Crippen LogP contribution in [0.4, 0.5) is 0 Å². The molecule has 0 aliphatic carbocycles. The standard InChI is InChI=1S/C21H26N2O2/c1-3-14-7-6-12-23-13-15(10-11-18(24)25-2)19-16-8-4-5-9-17(16)22-20(19)21(14)23/h4-5,8-9,14-15H,3,6-7,10-13H2,1-2H3/p+1/t14-,15?/m1/s1. The predicted octanol–water partition coefficient (Wildman–Crippen LogP) is 3.84. The van der Waals surface area contributed by atoms with Crippen LogP contribution in [0.3, 0.4) is 0 Å². The number of hydrogen-bond acceptors (Lipinski definition) is 2. The highest BCUT2D eigenvalue weighted by atomic mass is 16.5. The smallest absolute Gasteiger partial charge is 0.305 e. The summed E-state index contributed by atoms with van der Waals surface area (Å²) in [5, 5.41) is 1.32. The molecule has 0 fully saturated rings. The molecule has 2 aromatic rings. The van der Waals surface area contributed by atoms with Gasteiger partial charge in [-0.25, -0.2) is 4.58 Å². The average molecular weight is 339 g/mol. The lowest BCUT2D eigenvalue weighted by Gasteiger charge is -2.29. The first-order chi connectivity index (χ1) is 12.2. The maximum absolute atomic E-state index is 11.7. The quantitative estimate of drug-likeness (QED) is 0.679. The van der Waals surface area contributed by atoms with E-state index in [2.05, 4.69) is 40.7 Å². The number of fused-ring (bicyclic) bond motifs is 4. The van der Waals surface area contributed by atoms with Crippen molar-refractivity contribution in [1.82, 2.24) is 4.98 Å². The molecule has 0 spiro atoms. The summed E-state index contributed by atoms with van der Waals surface area (Å²) < 4.78 is 7.45. The zero-order chi connectivity index (χ0) is 17.4. The van der Waals surface area contributed by atoms with E-state index < -0.39 is 0 Å². The fourth-order valence-electron chi connectivity index (χ4n) is 4.77. The van der Waals surface area contributed by atoms with E-state index in [9.17, 15) is 4.79 Å². The molecule has 25 heavy (non-hydrogen) atoms. The molecule has 2 aliphatic rings. The maximum atomic E-state index is 11.7. The number of para-hydroxylation sites is 1. The lowest BCUT2D eigenvalue weighted by atomic mass is 9.81. The second kappa shape index (κ2) is 6.66. The van der Waals surface area contributed by atoms with Crippen LogP contribution in [0.5, 0.6) is 0 Å². The van der Waals surface area contributed by atoms with Gasteiger partial charge in [-0.05, 0) is 25.3 Å². The molecule has 1 N–H and O–H groups in total. The van der Waals surface area contributed by atoms with E-state index in [1.165, 1.54) is 54.2 Å². The van der Waals surface area contributed by atoms with Crippen molar-refractivity contribution in [3.05, 3.63) is 35.5 Å². The first-order valence-corrected chi connectivity index (χ1v) is 9.52. The number of methoxy groups -OCH3 is 1. The van der Waals surface area contributed by atoms with Crippen LogP contribution in [0, 0.1) is 5.92 Å². The van der Waals surface area contributed by atoms with E-state index in [0.29, 0.717) is 18.3 Å². The second-order valence-electron chi connectivity index (χ2n) is 7.35. The van der Waals surface area contributed by atoms with Crippen molar-refractivity contribution in [3.63, 3.8) is 0 Å². The molecule has 0 bridgehead atoms. The summed E-state index contributed by atoms with van der Waals surface area (Å²) in [6, 6.07) is 8.59. The Hall–Kier alpha value is -2.10. The van der Waals surface area contributed by atoms with E-state index in [4.69, 9.17) is 4.74 Å². The lowest BCUT2D eigenvalue weighted by Crippen LogP contribution is -2.40. The number of hydrogen-bond donors (Lipinski definition) is 1. The van der Waals surface area contributed by atoms with Crippen LogP contribution < -0.4 is 0 Å². The van der Waals surface area contributed by atoms with Crippen molar-refractivity contribution in [3.8, 4) is 0 Å². The number of rotatable bonds is 4. The number of ether oxygens (including phenoxy) is 1.